The monoisotopic (exact) mass is 819 g/mol. The summed E-state index contributed by atoms with van der Waals surface area (Å²) >= 11 is 0. The average Bonchev–Trinajstić information content (AvgIpc) is 3.96. The predicted octanol–water partition coefficient (Wildman–Crippen LogP) is 4.16. The molecular weight excluding hydrogens is 775 g/mol. The number of carboxylic acids is 1. The molecule has 0 fully saturated rings. The second kappa shape index (κ2) is 17.2. The van der Waals surface area contributed by atoms with Gasteiger partial charge in [-0.2, -0.15) is 10.2 Å². The molecule has 4 aromatic heterocycles. The van der Waals surface area contributed by atoms with E-state index in [1.807, 2.05) is 13.8 Å². The van der Waals surface area contributed by atoms with Gasteiger partial charge in [-0.15, -0.1) is 0 Å². The van der Waals surface area contributed by atoms with Gasteiger partial charge in [0.15, 0.2) is 0 Å². The van der Waals surface area contributed by atoms with Crippen molar-refractivity contribution in [3.05, 3.63) is 82.5 Å². The van der Waals surface area contributed by atoms with Crippen molar-refractivity contribution in [2.24, 2.45) is 5.73 Å². The first kappa shape index (κ1) is 42.2. The minimum atomic E-state index is -1.27. The van der Waals surface area contributed by atoms with Gasteiger partial charge in [0.25, 0.3) is 11.8 Å². The Kier molecular flexibility index (Phi) is 12.1. The summed E-state index contributed by atoms with van der Waals surface area (Å²) in [4.78, 5) is 61.0. The first-order valence-electron chi connectivity index (χ1n) is 18.9. The van der Waals surface area contributed by atoms with Crippen LogP contribution < -0.4 is 25.8 Å². The number of carbonyl (C=O) groups excluding carboxylic acids is 3. The van der Waals surface area contributed by atoms with E-state index in [0.29, 0.717) is 46.9 Å². The Balaban J connectivity index is 1.42. The summed E-state index contributed by atoms with van der Waals surface area (Å²) in [5.74, 6) is 3.22. The van der Waals surface area contributed by atoms with Crippen molar-refractivity contribution >= 4 is 57.7 Å². The number of nitrogens with two attached hydrogens (primary N) is 1. The van der Waals surface area contributed by atoms with Gasteiger partial charge in [0, 0.05) is 31.7 Å². The van der Waals surface area contributed by atoms with Crippen molar-refractivity contribution in [3.63, 3.8) is 0 Å². The van der Waals surface area contributed by atoms with E-state index >= 15 is 0 Å². The molecule has 2 aromatic carbocycles. The van der Waals surface area contributed by atoms with Crippen LogP contribution in [-0.4, -0.2) is 91.9 Å². The van der Waals surface area contributed by atoms with Gasteiger partial charge in [-0.3, -0.25) is 34.4 Å². The number of nitrogens with zero attached hydrogens (tertiary/aromatic N) is 8. The molecule has 0 aliphatic carbocycles. The van der Waals surface area contributed by atoms with E-state index in [-0.39, 0.29) is 65.3 Å². The van der Waals surface area contributed by atoms with Crippen LogP contribution in [-0.2, 0) is 26.2 Å². The summed E-state index contributed by atoms with van der Waals surface area (Å²) in [6.07, 6.45) is 3.56. The Morgan fingerprint density at radius 2 is 1.28 bits per heavy atom. The largest absolute Gasteiger partial charge is 0.494 e. The highest BCUT2D eigenvalue weighted by Crippen LogP contribution is 2.33. The van der Waals surface area contributed by atoms with Gasteiger partial charge in [-0.1, -0.05) is 24.0 Å². The molecule has 0 aliphatic rings. The number of nitrogens with one attached hydrogen (secondary N) is 2. The summed E-state index contributed by atoms with van der Waals surface area (Å²) in [6, 6.07) is 9.02. The van der Waals surface area contributed by atoms with E-state index < -0.39 is 29.3 Å². The van der Waals surface area contributed by atoms with E-state index in [9.17, 15) is 29.4 Å². The smallest absolute Gasteiger partial charge is 0.335 e. The molecule has 0 saturated carbocycles. The lowest BCUT2D eigenvalue weighted by Gasteiger charge is -2.13. The highest BCUT2D eigenvalue weighted by Gasteiger charge is 2.24. The minimum absolute atomic E-state index is 0.0561. The SMILES string of the molecule is CCn1nc(C)cc1C(=O)Nc1nc2cc(C(=O)O)cc(OC)c2n1CC=CCn1c(NC(=O)c2cc(C)nn2CC)nc2cc(C(N)=O)cc(OCC#CC(C)(C)O)c21. The molecule has 60 heavy (non-hydrogen) atoms. The number of ether oxygens (including phenoxy) is 2. The fraction of sp³-hybridized carbons (Fsp3) is 0.317. The van der Waals surface area contributed by atoms with Gasteiger partial charge in [-0.25, -0.2) is 14.8 Å². The summed E-state index contributed by atoms with van der Waals surface area (Å²) in [5, 5.41) is 34.4. The Morgan fingerprint density at radius 3 is 1.73 bits per heavy atom. The number of aromatic carboxylic acids is 1. The van der Waals surface area contributed by atoms with Crippen molar-refractivity contribution in [2.45, 2.75) is 73.3 Å². The number of carboxylic acid groups (broad SMARTS) is 1. The van der Waals surface area contributed by atoms with Crippen molar-refractivity contribution < 1.29 is 38.9 Å². The molecule has 0 spiro atoms. The van der Waals surface area contributed by atoms with Crippen LogP contribution in [0.15, 0.2) is 48.6 Å². The molecule has 6 rings (SSSR count). The highest BCUT2D eigenvalue weighted by atomic mass is 16.5. The predicted molar refractivity (Wildman–Crippen MR) is 221 cm³/mol. The molecule has 0 aliphatic heterocycles. The number of carbonyl (C=O) groups is 4. The zero-order valence-corrected chi connectivity index (χ0v) is 34.2. The summed E-state index contributed by atoms with van der Waals surface area (Å²) in [7, 11) is 1.41. The molecule has 0 saturated heterocycles. The van der Waals surface area contributed by atoms with E-state index in [1.165, 1.54) is 45.2 Å². The van der Waals surface area contributed by atoms with Crippen LogP contribution in [0.25, 0.3) is 22.1 Å². The first-order valence-corrected chi connectivity index (χ1v) is 18.9. The number of methoxy groups -OCH3 is 1. The third kappa shape index (κ3) is 8.98. The molecule has 19 heteroatoms. The fourth-order valence-corrected chi connectivity index (χ4v) is 6.53. The van der Waals surface area contributed by atoms with Crippen LogP contribution in [0, 0.1) is 25.7 Å². The molecule has 3 amide bonds. The second-order valence-corrected chi connectivity index (χ2v) is 14.2. The molecule has 19 nitrogen and oxygen atoms in total. The van der Waals surface area contributed by atoms with E-state index in [1.54, 1.807) is 56.6 Å². The molecule has 4 heterocycles. The van der Waals surface area contributed by atoms with E-state index in [4.69, 9.17) is 15.2 Å². The maximum atomic E-state index is 13.7. The number of anilines is 2. The average molecular weight is 820 g/mol. The molecule has 6 aromatic rings. The number of aliphatic hydroxyl groups is 1. The van der Waals surface area contributed by atoms with Gasteiger partial charge >= 0.3 is 5.97 Å². The number of aryl methyl sites for hydroxylation is 4. The zero-order chi connectivity index (χ0) is 43.5. The lowest BCUT2D eigenvalue weighted by Crippen LogP contribution is -2.20. The van der Waals surface area contributed by atoms with Gasteiger partial charge in [0.2, 0.25) is 17.8 Å². The van der Waals surface area contributed by atoms with E-state index in [0.717, 1.165) is 0 Å². The number of rotatable bonds is 15. The fourth-order valence-electron chi connectivity index (χ4n) is 6.53. The molecular formula is C41H45N11O8. The number of hydrogen-bond acceptors (Lipinski definition) is 11. The number of aromatic nitrogens is 8. The standard InChI is InChI=1S/C41H45N11O8/c1-8-51-29(17-23(3)47-51)36(54)45-39-44-28-20-26(38(56)57)22-31(59-7)33(28)49(39)14-10-11-15-50-34-27(43-40(50)46-37(55)30-18-24(4)48-52(30)9-2)19-25(35(42)53)21-32(34)60-16-12-13-41(5,6)58/h10-11,17-22,58H,8-9,14-16H2,1-7H3,(H2,42,53)(H,56,57)(H,43,46,55)(H,44,45,54). The van der Waals surface area contributed by atoms with Crippen LogP contribution >= 0.6 is 0 Å². The Morgan fingerprint density at radius 1 is 0.800 bits per heavy atom. The van der Waals surface area contributed by atoms with Crippen LogP contribution in [0.4, 0.5) is 11.9 Å². The van der Waals surface area contributed by atoms with Gasteiger partial charge in [0.05, 0.1) is 35.1 Å². The molecule has 0 radical (unpaired) electrons. The van der Waals surface area contributed by atoms with Gasteiger partial charge < -0.3 is 34.6 Å². The number of benzene rings is 2. The molecule has 6 N–H and O–H groups in total. The number of allylic oxidation sites excluding steroid dienone is 2. The van der Waals surface area contributed by atoms with Gasteiger partial charge in [0.1, 0.15) is 46.1 Å². The highest BCUT2D eigenvalue weighted by molar-refractivity contribution is 6.05. The van der Waals surface area contributed by atoms with Crippen LogP contribution in [0.1, 0.15) is 80.8 Å². The third-order valence-electron chi connectivity index (χ3n) is 9.12. The second-order valence-electron chi connectivity index (χ2n) is 14.2. The number of hydrogen-bond donors (Lipinski definition) is 5. The van der Waals surface area contributed by atoms with Crippen LogP contribution in [0.3, 0.4) is 0 Å². The van der Waals surface area contributed by atoms with E-state index in [2.05, 4.69) is 42.6 Å². The maximum Gasteiger partial charge on any atom is 0.335 e. The minimum Gasteiger partial charge on any atom is -0.494 e. The Labute approximate surface area is 343 Å². The third-order valence-corrected chi connectivity index (χ3v) is 9.12. The Hall–Kier alpha value is -7.46. The number of primary amides is 1. The maximum absolute atomic E-state index is 13.7. The molecule has 0 atom stereocenters. The summed E-state index contributed by atoms with van der Waals surface area (Å²) in [6.45, 7) is 11.3. The lowest BCUT2D eigenvalue weighted by molar-refractivity contribution is 0.0695. The lowest BCUT2D eigenvalue weighted by atomic mass is 10.1. The summed E-state index contributed by atoms with van der Waals surface area (Å²) < 4.78 is 18.1. The zero-order valence-electron chi connectivity index (χ0n) is 34.2. The first-order chi connectivity index (χ1) is 28.5. The summed E-state index contributed by atoms with van der Waals surface area (Å²) in [5.41, 5.74) is 7.75. The quantitative estimate of drug-likeness (QED) is 0.0724. The molecule has 0 unspecified atom stereocenters. The van der Waals surface area contributed by atoms with Crippen molar-refractivity contribution in [1.29, 1.82) is 0 Å². The van der Waals surface area contributed by atoms with Crippen molar-refractivity contribution in [2.75, 3.05) is 24.4 Å². The molecule has 312 valence electrons. The number of amides is 3. The normalized spacial score (nSPS) is 11.5. The Bertz CT molecular complexity index is 2750. The van der Waals surface area contributed by atoms with Crippen LogP contribution in [0.5, 0.6) is 11.5 Å². The van der Waals surface area contributed by atoms with Gasteiger partial charge in [-0.05, 0) is 77.9 Å². The van der Waals surface area contributed by atoms with Crippen molar-refractivity contribution in [1.82, 2.24) is 38.7 Å². The van der Waals surface area contributed by atoms with Crippen molar-refractivity contribution in [3.8, 4) is 23.3 Å². The number of fused-ring (bicyclic) bond motifs is 2. The molecule has 0 bridgehead atoms. The number of imidazole rings is 2. The van der Waals surface area contributed by atoms with Crippen LogP contribution in [0.2, 0.25) is 0 Å². The topological polar surface area (TPSA) is 249 Å².